The highest BCUT2D eigenvalue weighted by Gasteiger charge is 2.34. The fourth-order valence-electron chi connectivity index (χ4n) is 6.71. The average molecular weight is 1010 g/mol. The van der Waals surface area contributed by atoms with Crippen LogP contribution in [0.1, 0.15) is 138 Å². The molecule has 2 aromatic rings. The van der Waals surface area contributed by atoms with Crippen molar-refractivity contribution >= 4 is 59.1 Å². The number of benzene rings is 2. The molecule has 71 heavy (non-hydrogen) atoms. The molecule has 0 heterocycles. The molecule has 6 atom stereocenters. The van der Waals surface area contributed by atoms with E-state index >= 15 is 0 Å². The van der Waals surface area contributed by atoms with E-state index in [4.69, 9.17) is 25.8 Å². The van der Waals surface area contributed by atoms with E-state index in [9.17, 15) is 38.4 Å². The molecule has 19 heteroatoms. The monoisotopic (exact) mass is 1010 g/mol. The maximum atomic E-state index is 14.3. The van der Waals surface area contributed by atoms with E-state index in [1.807, 2.05) is 38.1 Å². The first kappa shape index (κ1) is 61.4. The van der Waals surface area contributed by atoms with Gasteiger partial charge in [-0.2, -0.15) is 0 Å². The third kappa shape index (κ3) is 24.3. The van der Waals surface area contributed by atoms with Crippen molar-refractivity contribution in [1.82, 2.24) is 37.2 Å². The van der Waals surface area contributed by atoms with E-state index in [0.717, 1.165) is 30.4 Å². The lowest BCUT2D eigenvalue weighted by Crippen LogP contribution is -2.61. The summed E-state index contributed by atoms with van der Waals surface area (Å²) in [7, 11) is 0. The fourth-order valence-corrected chi connectivity index (χ4v) is 6.95. The van der Waals surface area contributed by atoms with Crippen molar-refractivity contribution in [3.05, 3.63) is 59.7 Å². The lowest BCUT2D eigenvalue weighted by atomic mass is 10.0. The van der Waals surface area contributed by atoms with Crippen LogP contribution in [0.15, 0.2) is 48.5 Å². The lowest BCUT2D eigenvalue weighted by molar-refractivity contribution is -0.136. The van der Waals surface area contributed by atoms with Crippen molar-refractivity contribution in [3.63, 3.8) is 0 Å². The van der Waals surface area contributed by atoms with Crippen LogP contribution in [0.4, 0.5) is 9.59 Å². The summed E-state index contributed by atoms with van der Waals surface area (Å²) in [5, 5.41) is 18.6. The van der Waals surface area contributed by atoms with Crippen LogP contribution in [-0.2, 0) is 44.6 Å². The molecule has 0 aromatic heterocycles. The predicted octanol–water partition coefficient (Wildman–Crippen LogP) is 6.25. The molecule has 0 radical (unpaired) electrons. The molecule has 0 saturated carbocycles. The van der Waals surface area contributed by atoms with Gasteiger partial charge >= 0.3 is 12.2 Å². The van der Waals surface area contributed by atoms with Crippen LogP contribution in [0.2, 0.25) is 0 Å². The molecule has 2 rings (SSSR count). The molecule has 0 spiro atoms. The number of hydrogen-bond acceptors (Lipinski definition) is 11. The quantitative estimate of drug-likeness (QED) is 0.0371. The molecule has 0 aliphatic carbocycles. The second-order valence-corrected chi connectivity index (χ2v) is 20.4. The van der Waals surface area contributed by atoms with Crippen LogP contribution >= 0.6 is 11.6 Å². The Morgan fingerprint density at radius 1 is 0.577 bits per heavy atom. The number of amides is 7. The van der Waals surface area contributed by atoms with Gasteiger partial charge in [-0.15, -0.1) is 11.6 Å². The van der Waals surface area contributed by atoms with Crippen molar-refractivity contribution in [2.45, 2.75) is 176 Å². The molecule has 2 aromatic carbocycles. The number of carbonyl (C=O) groups excluding carboxylic acids is 8. The summed E-state index contributed by atoms with van der Waals surface area (Å²) in [6.07, 6.45) is 1.67. The summed E-state index contributed by atoms with van der Waals surface area (Å²) in [5.41, 5.74) is 1.89. The molecular formula is C52H80ClN7O11. The van der Waals surface area contributed by atoms with Crippen LogP contribution in [0.25, 0.3) is 11.1 Å². The smallest absolute Gasteiger partial charge is 0.407 e. The molecular weight excluding hydrogens is 934 g/mol. The molecule has 7 amide bonds. The van der Waals surface area contributed by atoms with Crippen molar-refractivity contribution in [2.24, 2.45) is 5.92 Å². The number of alkyl halides is 1. The first-order chi connectivity index (χ1) is 33.2. The van der Waals surface area contributed by atoms with Crippen molar-refractivity contribution in [2.75, 3.05) is 25.6 Å². The number of aryl methyl sites for hydroxylation is 1. The van der Waals surface area contributed by atoms with Gasteiger partial charge in [0.15, 0.2) is 5.78 Å². The minimum Gasteiger partial charge on any atom is -0.444 e. The van der Waals surface area contributed by atoms with E-state index in [0.29, 0.717) is 12.8 Å². The number of unbranched alkanes of at least 4 members (excludes halogenated alkanes) is 2. The zero-order valence-corrected chi connectivity index (χ0v) is 44.6. The summed E-state index contributed by atoms with van der Waals surface area (Å²) < 4.78 is 16.6. The molecule has 396 valence electrons. The Balaban J connectivity index is 2.33. The van der Waals surface area contributed by atoms with Gasteiger partial charge in [0.05, 0.1) is 18.0 Å². The van der Waals surface area contributed by atoms with Gasteiger partial charge in [0.2, 0.25) is 23.6 Å². The Morgan fingerprint density at radius 3 is 1.63 bits per heavy atom. The number of halogens is 1. The second-order valence-electron chi connectivity index (χ2n) is 20.1. The second kappa shape index (κ2) is 30.2. The Kier molecular flexibility index (Phi) is 26.1. The predicted molar refractivity (Wildman–Crippen MR) is 274 cm³/mol. The molecule has 0 aliphatic heterocycles. The first-order valence-electron chi connectivity index (χ1n) is 24.6. The van der Waals surface area contributed by atoms with Gasteiger partial charge < -0.3 is 51.4 Å². The number of rotatable bonds is 28. The Morgan fingerprint density at radius 2 is 1.10 bits per heavy atom. The normalized spacial score (nSPS) is 14.1. The number of ether oxygens (including phenoxy) is 3. The third-order valence-electron chi connectivity index (χ3n) is 10.7. The van der Waals surface area contributed by atoms with Crippen LogP contribution in [0.3, 0.4) is 0 Å². The van der Waals surface area contributed by atoms with Gasteiger partial charge in [0, 0.05) is 25.3 Å². The van der Waals surface area contributed by atoms with Gasteiger partial charge in [-0.1, -0.05) is 63.6 Å². The molecule has 0 aliphatic rings. The van der Waals surface area contributed by atoms with Gasteiger partial charge in [-0.25, -0.2) is 9.59 Å². The van der Waals surface area contributed by atoms with Crippen molar-refractivity contribution in [1.29, 1.82) is 0 Å². The van der Waals surface area contributed by atoms with Crippen LogP contribution in [0.5, 0.6) is 0 Å². The highest BCUT2D eigenvalue weighted by atomic mass is 35.5. The van der Waals surface area contributed by atoms with Crippen LogP contribution < -0.4 is 37.2 Å². The average Bonchev–Trinajstić information content (AvgIpc) is 3.29. The molecule has 0 bridgehead atoms. The summed E-state index contributed by atoms with van der Waals surface area (Å²) in [6, 6.07) is 9.10. The molecule has 6 unspecified atom stereocenters. The SMILES string of the molecule is CCCCc1ccc(-c2ccc(C(=O)NC(CCNC(=O)OC(C)(C)C)C(=O)NC(C(=O)NC(C)C(=O)NC(CCCCNC(=O)OC(C)(C)C)C(=O)NC(C)C(=O)CCl)C(C)OCC(C)C)cc2)cc1. The van der Waals surface area contributed by atoms with E-state index in [2.05, 4.69) is 56.3 Å². The van der Waals surface area contributed by atoms with Crippen molar-refractivity contribution < 1.29 is 52.6 Å². The minimum atomic E-state index is -1.40. The topological polar surface area (TPSA) is 248 Å². The van der Waals surface area contributed by atoms with Gasteiger partial charge in [0.25, 0.3) is 5.91 Å². The molecule has 0 fully saturated rings. The molecule has 0 saturated heterocycles. The third-order valence-corrected chi connectivity index (χ3v) is 10.9. The van der Waals surface area contributed by atoms with E-state index in [-0.39, 0.29) is 49.9 Å². The summed E-state index contributed by atoms with van der Waals surface area (Å²) in [6.45, 7) is 21.1. The van der Waals surface area contributed by atoms with Crippen molar-refractivity contribution in [3.8, 4) is 11.1 Å². The lowest BCUT2D eigenvalue weighted by Gasteiger charge is -2.29. The number of hydrogen-bond donors (Lipinski definition) is 7. The summed E-state index contributed by atoms with van der Waals surface area (Å²) in [4.78, 5) is 106. The summed E-state index contributed by atoms with van der Waals surface area (Å²) in [5.74, 6) is -4.32. The maximum Gasteiger partial charge on any atom is 0.407 e. The van der Waals surface area contributed by atoms with Gasteiger partial charge in [-0.3, -0.25) is 28.8 Å². The Hall–Kier alpha value is -5.75. The molecule has 7 N–H and O–H groups in total. The number of alkyl carbamates (subject to hydrolysis) is 2. The summed E-state index contributed by atoms with van der Waals surface area (Å²) >= 11 is 5.71. The van der Waals surface area contributed by atoms with E-state index in [1.54, 1.807) is 60.6 Å². The Labute approximate surface area is 425 Å². The zero-order chi connectivity index (χ0) is 53.5. The zero-order valence-electron chi connectivity index (χ0n) is 43.8. The highest BCUT2D eigenvalue weighted by Crippen LogP contribution is 2.21. The largest absolute Gasteiger partial charge is 0.444 e. The minimum absolute atomic E-state index is 0.0442. The van der Waals surface area contributed by atoms with Gasteiger partial charge in [0.1, 0.15) is 35.4 Å². The number of Topliss-reactive ketones (excluding diaryl/α,β-unsaturated/α-hetero) is 1. The molecule has 18 nitrogen and oxygen atoms in total. The van der Waals surface area contributed by atoms with Crippen LogP contribution in [-0.4, -0.2) is 121 Å². The maximum absolute atomic E-state index is 14.3. The number of nitrogens with one attached hydrogen (secondary N) is 7. The number of ketones is 1. The standard InChI is InChI=1S/C52H80ClN7O11/c1-13-14-17-36-19-21-37(22-20-36)38-23-25-39(26-24-38)45(63)59-41(27-29-55-50(68)71-52(10,11)12)47(65)60-43(35(6)69-31-32(2)3)48(66)57-34(5)44(62)58-40(46(64)56-33(4)42(61)30-53)18-15-16-28-54-49(67)70-51(7,8)9/h19-26,32-35,40-41,43H,13-18,27-31H2,1-12H3,(H,54,67)(H,55,68)(H,56,64)(H,57,66)(H,58,62)(H,59,63)(H,60,65). The fraction of sp³-hybridized carbons (Fsp3) is 0.615. The first-order valence-corrected chi connectivity index (χ1v) is 25.1. The van der Waals surface area contributed by atoms with E-state index in [1.165, 1.54) is 19.4 Å². The number of carbonyl (C=O) groups is 8. The Bertz CT molecular complexity index is 2050. The van der Waals surface area contributed by atoms with E-state index < -0.39 is 95.0 Å². The highest BCUT2D eigenvalue weighted by molar-refractivity contribution is 6.28. The van der Waals surface area contributed by atoms with Gasteiger partial charge in [-0.05, 0) is 136 Å². The van der Waals surface area contributed by atoms with Crippen LogP contribution in [0, 0.1) is 5.92 Å².